The molecule has 0 aliphatic heterocycles. The molecule has 0 aromatic heterocycles. The maximum absolute atomic E-state index is 11.0. The van der Waals surface area contributed by atoms with Gasteiger partial charge in [-0.1, -0.05) is 32.9 Å². The van der Waals surface area contributed by atoms with E-state index in [1.165, 1.54) is 6.07 Å². The van der Waals surface area contributed by atoms with E-state index in [4.69, 9.17) is 0 Å². The van der Waals surface area contributed by atoms with Crippen LogP contribution in [0.2, 0.25) is 0 Å². The molecule has 1 aromatic carbocycles. The summed E-state index contributed by atoms with van der Waals surface area (Å²) in [6.07, 6.45) is 0. The summed E-state index contributed by atoms with van der Waals surface area (Å²) in [5.41, 5.74) is 1.19. The summed E-state index contributed by atoms with van der Waals surface area (Å²) in [6.45, 7) is 7.54. The van der Waals surface area contributed by atoms with E-state index in [2.05, 4.69) is 0 Å². The Morgan fingerprint density at radius 3 is 2.06 bits per heavy atom. The van der Waals surface area contributed by atoms with Crippen molar-refractivity contribution in [3.8, 4) is 0 Å². The Kier molecular flexibility index (Phi) is 5.23. The quantitative estimate of drug-likeness (QED) is 0.484. The van der Waals surface area contributed by atoms with Crippen LogP contribution in [0, 0.1) is 6.92 Å². The monoisotopic (exact) mass is 250 g/mol. The van der Waals surface area contributed by atoms with Gasteiger partial charge < -0.3 is 4.55 Å². The van der Waals surface area contributed by atoms with Gasteiger partial charge in [-0.15, -0.1) is 0 Å². The molecule has 0 atom stereocenters. The fourth-order valence-electron chi connectivity index (χ4n) is 1.34. The van der Waals surface area contributed by atoms with E-state index in [1.54, 1.807) is 13.0 Å². The minimum absolute atomic E-state index is 0. The summed E-state index contributed by atoms with van der Waals surface area (Å²) in [5, 5.41) is 0. The SMILES string of the molecule is Cc1ccc(C(C)(C)C)cc1S(=O)(=O)[O-].[Na+]. The first-order valence-electron chi connectivity index (χ1n) is 4.69. The zero-order chi connectivity index (χ0) is 11.9. The minimum Gasteiger partial charge on any atom is -0.744 e. The largest absolute Gasteiger partial charge is 1.00 e. The number of hydrogen-bond donors (Lipinski definition) is 0. The molecule has 0 radical (unpaired) electrons. The van der Waals surface area contributed by atoms with Crippen LogP contribution in [-0.2, 0) is 15.5 Å². The van der Waals surface area contributed by atoms with Gasteiger partial charge in [0, 0.05) is 0 Å². The van der Waals surface area contributed by atoms with Gasteiger partial charge in [-0.25, -0.2) is 8.42 Å². The molecule has 1 rings (SSSR count). The first kappa shape index (κ1) is 16.1. The molecule has 0 unspecified atom stereocenters. The Morgan fingerprint density at radius 2 is 1.69 bits per heavy atom. The first-order chi connectivity index (χ1) is 6.62. The van der Waals surface area contributed by atoms with Crippen molar-refractivity contribution in [3.63, 3.8) is 0 Å². The molecule has 0 aliphatic rings. The summed E-state index contributed by atoms with van der Waals surface area (Å²) in [4.78, 5) is -0.116. The van der Waals surface area contributed by atoms with Gasteiger partial charge >= 0.3 is 29.6 Å². The molecule has 0 saturated heterocycles. The maximum Gasteiger partial charge on any atom is 1.00 e. The average Bonchev–Trinajstić information content (AvgIpc) is 2.00. The molecule has 0 bridgehead atoms. The van der Waals surface area contributed by atoms with Crippen LogP contribution in [0.25, 0.3) is 0 Å². The molecule has 84 valence electrons. The second-order valence-electron chi connectivity index (χ2n) is 4.68. The third-order valence-electron chi connectivity index (χ3n) is 2.32. The van der Waals surface area contributed by atoms with Gasteiger partial charge in [0.15, 0.2) is 0 Å². The minimum atomic E-state index is -4.37. The molecule has 1 aromatic rings. The summed E-state index contributed by atoms with van der Waals surface area (Å²) in [7, 11) is -4.37. The smallest absolute Gasteiger partial charge is 0.744 e. The summed E-state index contributed by atoms with van der Waals surface area (Å²) in [5.74, 6) is 0. The van der Waals surface area contributed by atoms with Crippen molar-refractivity contribution < 1.29 is 42.5 Å². The molecule has 0 amide bonds. The van der Waals surface area contributed by atoms with E-state index in [0.29, 0.717) is 5.56 Å². The fraction of sp³-hybridized carbons (Fsp3) is 0.455. The normalized spacial score (nSPS) is 12.1. The summed E-state index contributed by atoms with van der Waals surface area (Å²) < 4.78 is 32.9. The second-order valence-corrected chi connectivity index (χ2v) is 6.03. The van der Waals surface area contributed by atoms with Gasteiger partial charge in [-0.05, 0) is 29.5 Å². The predicted octanol–water partition coefficient (Wildman–Crippen LogP) is -0.799. The average molecular weight is 250 g/mol. The van der Waals surface area contributed by atoms with Crippen LogP contribution in [0.3, 0.4) is 0 Å². The zero-order valence-corrected chi connectivity index (χ0v) is 13.2. The third kappa shape index (κ3) is 3.86. The van der Waals surface area contributed by atoms with Crippen molar-refractivity contribution >= 4 is 10.1 Å². The van der Waals surface area contributed by atoms with E-state index < -0.39 is 10.1 Å². The van der Waals surface area contributed by atoms with Crippen LogP contribution in [0.5, 0.6) is 0 Å². The van der Waals surface area contributed by atoms with Crippen molar-refractivity contribution in [3.05, 3.63) is 29.3 Å². The van der Waals surface area contributed by atoms with E-state index in [1.807, 2.05) is 26.8 Å². The molecule has 0 spiro atoms. The maximum atomic E-state index is 11.0. The Balaban J connectivity index is 0.00000225. The molecule has 0 fully saturated rings. The van der Waals surface area contributed by atoms with Crippen LogP contribution in [0.15, 0.2) is 23.1 Å². The van der Waals surface area contributed by atoms with Crippen molar-refractivity contribution in [2.75, 3.05) is 0 Å². The summed E-state index contributed by atoms with van der Waals surface area (Å²) >= 11 is 0. The number of rotatable bonds is 1. The molecule has 0 N–H and O–H groups in total. The third-order valence-corrected chi connectivity index (χ3v) is 3.30. The van der Waals surface area contributed by atoms with Crippen LogP contribution in [0.4, 0.5) is 0 Å². The molecule has 3 nitrogen and oxygen atoms in total. The van der Waals surface area contributed by atoms with Gasteiger partial charge in [-0.3, -0.25) is 0 Å². The molecular formula is C11H15NaO3S. The van der Waals surface area contributed by atoms with Gasteiger partial charge in [0.05, 0.1) is 4.90 Å². The van der Waals surface area contributed by atoms with Crippen LogP contribution >= 0.6 is 0 Å². The van der Waals surface area contributed by atoms with Crippen molar-refractivity contribution in [2.24, 2.45) is 0 Å². The molecule has 5 heteroatoms. The van der Waals surface area contributed by atoms with Crippen molar-refractivity contribution in [1.29, 1.82) is 0 Å². The van der Waals surface area contributed by atoms with E-state index in [0.717, 1.165) is 5.56 Å². The predicted molar refractivity (Wildman–Crippen MR) is 57.8 cm³/mol. The Morgan fingerprint density at radius 1 is 1.19 bits per heavy atom. The van der Waals surface area contributed by atoms with Gasteiger partial charge in [-0.2, -0.15) is 0 Å². The Hall–Kier alpha value is 0.130. The molecule has 0 aliphatic carbocycles. The van der Waals surface area contributed by atoms with E-state index in [9.17, 15) is 13.0 Å². The number of benzene rings is 1. The number of hydrogen-bond acceptors (Lipinski definition) is 3. The summed E-state index contributed by atoms with van der Waals surface area (Å²) in [6, 6.07) is 4.99. The molecular weight excluding hydrogens is 235 g/mol. The zero-order valence-electron chi connectivity index (χ0n) is 10.4. The van der Waals surface area contributed by atoms with Crippen LogP contribution in [-0.4, -0.2) is 13.0 Å². The Bertz CT molecular complexity index is 472. The van der Waals surface area contributed by atoms with Gasteiger partial charge in [0.1, 0.15) is 10.1 Å². The molecule has 0 saturated carbocycles. The fourth-order valence-corrected chi connectivity index (χ4v) is 2.07. The molecule has 16 heavy (non-hydrogen) atoms. The van der Waals surface area contributed by atoms with Gasteiger partial charge in [0.25, 0.3) is 0 Å². The van der Waals surface area contributed by atoms with E-state index >= 15 is 0 Å². The standard InChI is InChI=1S/C11H16O3S.Na/c1-8-5-6-9(11(2,3)4)7-10(8)15(12,13)14;/h5-7H,1-4H3,(H,12,13,14);/q;+1/p-1. The Labute approximate surface area is 119 Å². The molecule has 0 heterocycles. The van der Waals surface area contributed by atoms with Crippen molar-refractivity contribution in [2.45, 2.75) is 38.0 Å². The second kappa shape index (κ2) is 5.19. The van der Waals surface area contributed by atoms with E-state index in [-0.39, 0.29) is 39.9 Å². The number of aryl methyl sites for hydroxylation is 1. The van der Waals surface area contributed by atoms with Crippen LogP contribution in [0.1, 0.15) is 31.9 Å². The topological polar surface area (TPSA) is 57.2 Å². The first-order valence-corrected chi connectivity index (χ1v) is 6.10. The van der Waals surface area contributed by atoms with Gasteiger partial charge in [0.2, 0.25) is 0 Å². The van der Waals surface area contributed by atoms with Crippen LogP contribution < -0.4 is 29.6 Å². The van der Waals surface area contributed by atoms with Crippen molar-refractivity contribution in [1.82, 2.24) is 0 Å².